The quantitative estimate of drug-likeness (QED) is 0.745. The predicted molar refractivity (Wildman–Crippen MR) is 71.8 cm³/mol. The third kappa shape index (κ3) is 4.90. The topological polar surface area (TPSA) is 12.5 Å². The minimum atomic E-state index is 0.265. The van der Waals surface area contributed by atoms with Gasteiger partial charge in [0.25, 0.3) is 0 Å². The van der Waals surface area contributed by atoms with Gasteiger partial charge in [-0.15, -0.1) is 0 Å². The van der Waals surface area contributed by atoms with Crippen LogP contribution in [0.1, 0.15) is 26.3 Å². The molecule has 90 valence electrons. The summed E-state index contributed by atoms with van der Waals surface area (Å²) in [6, 6.07) is 8.23. The van der Waals surface area contributed by atoms with Gasteiger partial charge in [-0.25, -0.2) is 4.31 Å². The zero-order valence-corrected chi connectivity index (χ0v) is 11.6. The zero-order valence-electron chi connectivity index (χ0n) is 10.8. The van der Waals surface area contributed by atoms with E-state index in [4.69, 9.17) is 4.74 Å². The number of benzene rings is 1. The fraction of sp³-hybridized carbons (Fsp3) is 0.538. The molecular weight excluding hydrogens is 218 g/mol. The maximum Gasteiger partial charge on any atom is 0.118 e. The summed E-state index contributed by atoms with van der Waals surface area (Å²) in [5, 5.41) is 0. The van der Waals surface area contributed by atoms with Crippen LogP contribution in [0, 0.1) is 0 Å². The van der Waals surface area contributed by atoms with Gasteiger partial charge >= 0.3 is 0 Å². The lowest BCUT2D eigenvalue weighted by molar-refractivity contribution is 0.414. The van der Waals surface area contributed by atoms with Crippen molar-refractivity contribution in [3.63, 3.8) is 0 Å². The van der Waals surface area contributed by atoms with Gasteiger partial charge in [-0.2, -0.15) is 0 Å². The van der Waals surface area contributed by atoms with Crippen LogP contribution in [0.4, 0.5) is 0 Å². The van der Waals surface area contributed by atoms with Gasteiger partial charge in [0, 0.05) is 11.3 Å². The predicted octanol–water partition coefficient (Wildman–Crippen LogP) is 3.57. The molecule has 0 aliphatic heterocycles. The van der Waals surface area contributed by atoms with Crippen LogP contribution in [-0.4, -0.2) is 23.2 Å². The maximum absolute atomic E-state index is 5.14. The van der Waals surface area contributed by atoms with Crippen LogP contribution in [0.15, 0.2) is 24.3 Å². The molecule has 2 nitrogen and oxygen atoms in total. The minimum absolute atomic E-state index is 0.265. The standard InChI is InChI=1S/C13H21NOS/c1-13(2,3)16-14(4)10-11-6-8-12(15-5)9-7-11/h6-9H,10H2,1-5H3. The minimum Gasteiger partial charge on any atom is -0.497 e. The Balaban J connectivity index is 2.53. The van der Waals surface area contributed by atoms with E-state index in [1.54, 1.807) is 7.11 Å². The molecule has 0 unspecified atom stereocenters. The fourth-order valence-electron chi connectivity index (χ4n) is 1.49. The van der Waals surface area contributed by atoms with Crippen molar-refractivity contribution in [3.05, 3.63) is 29.8 Å². The summed E-state index contributed by atoms with van der Waals surface area (Å²) in [4.78, 5) is 0. The second kappa shape index (κ2) is 5.60. The number of hydrogen-bond acceptors (Lipinski definition) is 3. The van der Waals surface area contributed by atoms with Gasteiger partial charge in [-0.3, -0.25) is 0 Å². The summed E-state index contributed by atoms with van der Waals surface area (Å²) >= 11 is 1.86. The first-order valence-electron chi connectivity index (χ1n) is 5.44. The second-order valence-corrected chi connectivity index (χ2v) is 6.87. The van der Waals surface area contributed by atoms with E-state index in [2.05, 4.69) is 44.3 Å². The highest BCUT2D eigenvalue weighted by Gasteiger charge is 2.14. The van der Waals surface area contributed by atoms with Crippen LogP contribution in [0.5, 0.6) is 5.75 Å². The van der Waals surface area contributed by atoms with Crippen LogP contribution < -0.4 is 4.74 Å². The Hall–Kier alpha value is -0.670. The van der Waals surface area contributed by atoms with E-state index < -0.39 is 0 Å². The maximum atomic E-state index is 5.14. The number of rotatable bonds is 4. The molecule has 0 heterocycles. The van der Waals surface area contributed by atoms with Crippen LogP contribution in [-0.2, 0) is 6.54 Å². The second-order valence-electron chi connectivity index (χ2n) is 4.84. The summed E-state index contributed by atoms with van der Waals surface area (Å²) in [6.07, 6.45) is 0. The highest BCUT2D eigenvalue weighted by Crippen LogP contribution is 2.27. The Morgan fingerprint density at radius 1 is 1.19 bits per heavy atom. The lowest BCUT2D eigenvalue weighted by Gasteiger charge is -2.25. The van der Waals surface area contributed by atoms with Gasteiger partial charge in [0.15, 0.2) is 0 Å². The number of ether oxygens (including phenoxy) is 1. The molecule has 0 saturated heterocycles. The van der Waals surface area contributed by atoms with Crippen molar-refractivity contribution >= 4 is 11.9 Å². The molecule has 1 aromatic carbocycles. The van der Waals surface area contributed by atoms with Crippen molar-refractivity contribution in [2.75, 3.05) is 14.2 Å². The summed E-state index contributed by atoms with van der Waals surface area (Å²) in [6.45, 7) is 7.62. The highest BCUT2D eigenvalue weighted by atomic mass is 32.2. The van der Waals surface area contributed by atoms with E-state index in [1.807, 2.05) is 24.1 Å². The molecule has 0 aromatic heterocycles. The lowest BCUT2D eigenvalue weighted by atomic mass is 10.2. The van der Waals surface area contributed by atoms with E-state index >= 15 is 0 Å². The zero-order chi connectivity index (χ0) is 12.2. The molecule has 0 aliphatic rings. The van der Waals surface area contributed by atoms with Gasteiger partial charge in [-0.1, -0.05) is 24.1 Å². The van der Waals surface area contributed by atoms with E-state index in [0.717, 1.165) is 12.3 Å². The summed E-state index contributed by atoms with van der Waals surface area (Å²) in [5.74, 6) is 0.912. The molecule has 0 saturated carbocycles. The Labute approximate surface area is 103 Å². The molecule has 0 bridgehead atoms. The largest absolute Gasteiger partial charge is 0.497 e. The van der Waals surface area contributed by atoms with Gasteiger partial charge in [0.1, 0.15) is 5.75 Å². The van der Waals surface area contributed by atoms with E-state index in [9.17, 15) is 0 Å². The molecule has 0 N–H and O–H groups in total. The van der Waals surface area contributed by atoms with Crippen LogP contribution in [0.3, 0.4) is 0 Å². The van der Waals surface area contributed by atoms with Gasteiger partial charge in [0.2, 0.25) is 0 Å². The Bertz CT molecular complexity index is 316. The van der Waals surface area contributed by atoms with Crippen LogP contribution in [0.25, 0.3) is 0 Å². The van der Waals surface area contributed by atoms with Crippen molar-refractivity contribution in [3.8, 4) is 5.75 Å². The number of hydrogen-bond donors (Lipinski definition) is 0. The van der Waals surface area contributed by atoms with Crippen molar-refractivity contribution in [2.45, 2.75) is 32.1 Å². The fourth-order valence-corrected chi connectivity index (χ4v) is 2.64. The van der Waals surface area contributed by atoms with E-state index in [1.165, 1.54) is 5.56 Å². The number of nitrogens with zero attached hydrogens (tertiary/aromatic N) is 1. The highest BCUT2D eigenvalue weighted by molar-refractivity contribution is 7.98. The van der Waals surface area contributed by atoms with Gasteiger partial charge < -0.3 is 4.74 Å². The summed E-state index contributed by atoms with van der Waals surface area (Å²) in [5.41, 5.74) is 1.31. The monoisotopic (exact) mass is 239 g/mol. The molecule has 0 atom stereocenters. The Morgan fingerprint density at radius 2 is 1.75 bits per heavy atom. The average molecular weight is 239 g/mol. The lowest BCUT2D eigenvalue weighted by Crippen LogP contribution is -2.19. The SMILES string of the molecule is COc1ccc(CN(C)SC(C)(C)C)cc1. The third-order valence-corrected chi connectivity index (χ3v) is 2.98. The molecule has 0 radical (unpaired) electrons. The van der Waals surface area contributed by atoms with Gasteiger partial charge in [0.05, 0.1) is 7.11 Å². The first kappa shape index (κ1) is 13.4. The third-order valence-electron chi connectivity index (χ3n) is 1.99. The number of methoxy groups -OCH3 is 1. The van der Waals surface area contributed by atoms with Crippen molar-refractivity contribution in [1.82, 2.24) is 4.31 Å². The van der Waals surface area contributed by atoms with Crippen molar-refractivity contribution in [1.29, 1.82) is 0 Å². The van der Waals surface area contributed by atoms with Crippen molar-refractivity contribution in [2.24, 2.45) is 0 Å². The molecule has 3 heteroatoms. The molecule has 0 amide bonds. The first-order valence-corrected chi connectivity index (χ1v) is 6.21. The van der Waals surface area contributed by atoms with E-state index in [-0.39, 0.29) is 4.75 Å². The Morgan fingerprint density at radius 3 is 2.19 bits per heavy atom. The summed E-state index contributed by atoms with van der Waals surface area (Å²) < 4.78 is 7.67. The van der Waals surface area contributed by atoms with Crippen molar-refractivity contribution < 1.29 is 4.74 Å². The first-order chi connectivity index (χ1) is 7.40. The van der Waals surface area contributed by atoms with Gasteiger partial charge in [-0.05, 0) is 45.5 Å². The Kier molecular flexibility index (Phi) is 4.69. The van der Waals surface area contributed by atoms with Crippen LogP contribution in [0.2, 0.25) is 0 Å². The summed E-state index contributed by atoms with van der Waals surface area (Å²) in [7, 11) is 3.82. The normalized spacial score (nSPS) is 11.9. The average Bonchev–Trinajstić information content (AvgIpc) is 2.16. The molecule has 1 aromatic rings. The molecule has 0 fully saturated rings. The smallest absolute Gasteiger partial charge is 0.118 e. The molecule has 1 rings (SSSR count). The van der Waals surface area contributed by atoms with Crippen LogP contribution >= 0.6 is 11.9 Å². The molecular formula is C13H21NOS. The molecule has 0 spiro atoms. The molecule has 0 aliphatic carbocycles. The molecule has 16 heavy (non-hydrogen) atoms. The van der Waals surface area contributed by atoms with E-state index in [0.29, 0.717) is 0 Å².